The largest absolute Gasteiger partial charge is 0.465 e. The molecule has 1 atom stereocenters. The number of hydrogen-bond acceptors (Lipinski definition) is 7. The fraction of sp³-hybridized carbons (Fsp3) is 0.273. The zero-order valence-corrected chi connectivity index (χ0v) is 11.9. The van der Waals surface area contributed by atoms with Crippen molar-refractivity contribution in [1.82, 2.24) is 0 Å². The molecule has 0 aromatic heterocycles. The van der Waals surface area contributed by atoms with E-state index >= 15 is 0 Å². The molecule has 0 aliphatic heterocycles. The third-order valence-corrected chi connectivity index (χ3v) is 2.30. The molecule has 0 spiro atoms. The fourth-order valence-electron chi connectivity index (χ4n) is 1.11. The summed E-state index contributed by atoms with van der Waals surface area (Å²) in [5, 5.41) is 7.68. The van der Waals surface area contributed by atoms with Gasteiger partial charge in [-0.3, -0.25) is 9.09 Å². The Bertz CT molecular complexity index is 438. The second kappa shape index (κ2) is 10.1. The average Bonchev–Trinajstić information content (AvgIpc) is 2.46. The lowest BCUT2D eigenvalue weighted by atomic mass is 10.1. The topological polar surface area (TPSA) is 119 Å². The Hall–Kier alpha value is -1.73. The van der Waals surface area contributed by atoms with Crippen molar-refractivity contribution in [3.8, 4) is 0 Å². The maximum atomic E-state index is 11.2. The van der Waals surface area contributed by atoms with Crippen LogP contribution in [-0.4, -0.2) is 43.0 Å². The van der Waals surface area contributed by atoms with Gasteiger partial charge in [0, 0.05) is 0 Å². The third-order valence-electron chi connectivity index (χ3n) is 1.93. The first kappa shape index (κ1) is 18.3. The molecule has 0 aliphatic rings. The number of carbonyl (C=O) groups is 2. The number of ether oxygens (including phenoxy) is 2. The first-order valence-corrected chi connectivity index (χ1v) is 6.46. The van der Waals surface area contributed by atoms with Gasteiger partial charge in [-0.1, -0.05) is 12.1 Å². The van der Waals surface area contributed by atoms with Crippen molar-refractivity contribution in [1.29, 1.82) is 0 Å². The Morgan fingerprint density at radius 3 is 1.70 bits per heavy atom. The van der Waals surface area contributed by atoms with Crippen molar-refractivity contribution in [3.63, 3.8) is 0 Å². The molecule has 0 aliphatic carbocycles. The van der Waals surface area contributed by atoms with Crippen LogP contribution in [0.5, 0.6) is 0 Å². The Kier molecular flexibility index (Phi) is 9.23. The Morgan fingerprint density at radius 1 is 1.10 bits per heavy atom. The Labute approximate surface area is 115 Å². The minimum Gasteiger partial charge on any atom is -0.465 e. The van der Waals surface area contributed by atoms with Gasteiger partial charge in [-0.15, -0.1) is 0 Å². The third kappa shape index (κ3) is 6.44. The summed E-state index contributed by atoms with van der Waals surface area (Å²) < 4.78 is 22.2. The molecule has 20 heavy (non-hydrogen) atoms. The van der Waals surface area contributed by atoms with Gasteiger partial charge in [-0.25, -0.2) is 9.59 Å². The van der Waals surface area contributed by atoms with Crippen LogP contribution in [0.25, 0.3) is 0 Å². The normalized spacial score (nSPS) is 10.8. The van der Waals surface area contributed by atoms with E-state index in [1.165, 1.54) is 26.4 Å². The molecule has 1 aromatic carbocycles. The van der Waals surface area contributed by atoms with Gasteiger partial charge in [0.2, 0.25) is 0 Å². The summed E-state index contributed by atoms with van der Waals surface area (Å²) in [4.78, 5) is 30.2. The van der Waals surface area contributed by atoms with Gasteiger partial charge < -0.3 is 19.5 Å². The van der Waals surface area contributed by atoms with Crippen molar-refractivity contribution >= 4 is 20.2 Å². The molecule has 0 fully saturated rings. The highest BCUT2D eigenvalue weighted by Crippen LogP contribution is 2.11. The van der Waals surface area contributed by atoms with Crippen molar-refractivity contribution in [2.24, 2.45) is 0 Å². The minimum absolute atomic E-state index is 0.210. The average molecular weight is 306 g/mol. The van der Waals surface area contributed by atoms with E-state index in [2.05, 4.69) is 14.0 Å². The van der Waals surface area contributed by atoms with Gasteiger partial charge in [0.1, 0.15) is 0 Å². The monoisotopic (exact) mass is 306 g/mol. The first-order chi connectivity index (χ1) is 9.47. The van der Waals surface area contributed by atoms with Gasteiger partial charge in [-0.05, 0) is 12.1 Å². The van der Waals surface area contributed by atoms with Gasteiger partial charge >= 0.3 is 20.2 Å². The predicted molar refractivity (Wildman–Crippen MR) is 68.5 cm³/mol. The van der Waals surface area contributed by atoms with Gasteiger partial charge in [0.05, 0.1) is 25.3 Å². The van der Waals surface area contributed by atoms with E-state index in [1.807, 2.05) is 0 Å². The zero-order chi connectivity index (χ0) is 15.5. The lowest BCUT2D eigenvalue weighted by Gasteiger charge is -2.04. The molecule has 2 N–H and O–H groups in total. The molecule has 0 saturated carbocycles. The summed E-state index contributed by atoms with van der Waals surface area (Å²) in [5.74, 6) is -1.10. The van der Waals surface area contributed by atoms with Crippen LogP contribution in [0.4, 0.5) is 0 Å². The minimum atomic E-state index is -2.89. The molecule has 8 nitrogen and oxygen atoms in total. The zero-order valence-electron chi connectivity index (χ0n) is 10.9. The smallest absolute Gasteiger partial charge is 0.338 e. The van der Waals surface area contributed by atoms with Crippen LogP contribution in [0, 0.1) is 0 Å². The highest BCUT2D eigenvalue weighted by atomic mass is 31.1. The Balaban J connectivity index is 0.000000511. The van der Waals surface area contributed by atoms with Crippen LogP contribution in [0.15, 0.2) is 24.3 Å². The standard InChI is InChI=1S/C10H10O4.CH5O4P/c1-13-9(11)7-5-3-4-6-8(7)10(12)14-2;2-1-5-6(3)4/h3-6H,1-2H3;2,6H,1H2,(H,3,4). The highest BCUT2D eigenvalue weighted by Gasteiger charge is 2.16. The maximum absolute atomic E-state index is 11.2. The van der Waals surface area contributed by atoms with E-state index in [0.29, 0.717) is 0 Å². The molecule has 1 rings (SSSR count). The van der Waals surface area contributed by atoms with Crippen LogP contribution < -0.4 is 0 Å². The number of methoxy groups -OCH3 is 2. The first-order valence-electron chi connectivity index (χ1n) is 5.20. The second-order valence-corrected chi connectivity index (χ2v) is 3.89. The summed E-state index contributed by atoms with van der Waals surface area (Å²) in [5.41, 5.74) is 0.420. The van der Waals surface area contributed by atoms with Gasteiger partial charge in [0.15, 0.2) is 6.79 Å². The molecule has 112 valence electrons. The maximum Gasteiger partial charge on any atom is 0.338 e. The van der Waals surface area contributed by atoms with Crippen LogP contribution in [0.3, 0.4) is 0 Å². The molecule has 0 amide bonds. The molecule has 0 saturated heterocycles. The van der Waals surface area contributed by atoms with Gasteiger partial charge in [0.25, 0.3) is 0 Å². The summed E-state index contributed by atoms with van der Waals surface area (Å²) >= 11 is 0. The number of benzene rings is 1. The summed E-state index contributed by atoms with van der Waals surface area (Å²) in [7, 11) is -0.365. The molecule has 1 aromatic rings. The number of rotatable bonds is 4. The van der Waals surface area contributed by atoms with Gasteiger partial charge in [-0.2, -0.15) is 0 Å². The quantitative estimate of drug-likeness (QED) is 0.471. The molecular weight excluding hydrogens is 291 g/mol. The number of aliphatic hydroxyl groups is 1. The molecule has 0 radical (unpaired) electrons. The molecule has 0 bridgehead atoms. The predicted octanol–water partition coefficient (Wildman–Crippen LogP) is 0.595. The fourth-order valence-corrected chi connectivity index (χ4v) is 1.22. The number of hydrogen-bond donors (Lipinski definition) is 2. The number of aliphatic hydroxyl groups excluding tert-OH is 1. The molecule has 1 unspecified atom stereocenters. The molecule has 0 heterocycles. The number of esters is 2. The highest BCUT2D eigenvalue weighted by molar-refractivity contribution is 7.32. The summed E-state index contributed by atoms with van der Waals surface area (Å²) in [6.07, 6.45) is 0. The van der Waals surface area contributed by atoms with E-state index < -0.39 is 27.0 Å². The van der Waals surface area contributed by atoms with Crippen molar-refractivity contribution in [2.45, 2.75) is 0 Å². The van der Waals surface area contributed by atoms with E-state index in [-0.39, 0.29) is 11.1 Å². The lowest BCUT2D eigenvalue weighted by molar-refractivity contribution is 0.0555. The SMILES string of the molecule is COC(=O)c1ccccc1C(=O)OC.O=[PH](O)OCO. The molecular formula is C11H15O8P. The van der Waals surface area contributed by atoms with Crippen molar-refractivity contribution in [2.75, 3.05) is 21.0 Å². The van der Waals surface area contributed by atoms with E-state index in [1.54, 1.807) is 12.1 Å². The summed E-state index contributed by atoms with van der Waals surface area (Å²) in [6.45, 7) is -0.686. The van der Waals surface area contributed by atoms with Crippen molar-refractivity contribution < 1.29 is 38.2 Å². The second-order valence-electron chi connectivity index (χ2n) is 3.07. The summed E-state index contributed by atoms with van der Waals surface area (Å²) in [6, 6.07) is 6.33. The lowest BCUT2D eigenvalue weighted by Crippen LogP contribution is -2.11. The van der Waals surface area contributed by atoms with Crippen LogP contribution in [-0.2, 0) is 18.6 Å². The van der Waals surface area contributed by atoms with E-state index in [0.717, 1.165) is 0 Å². The Morgan fingerprint density at radius 2 is 1.50 bits per heavy atom. The molecule has 9 heteroatoms. The van der Waals surface area contributed by atoms with Crippen LogP contribution in [0.2, 0.25) is 0 Å². The van der Waals surface area contributed by atoms with E-state index in [9.17, 15) is 14.2 Å². The van der Waals surface area contributed by atoms with Crippen molar-refractivity contribution in [3.05, 3.63) is 35.4 Å². The van der Waals surface area contributed by atoms with E-state index in [4.69, 9.17) is 10.00 Å². The number of carbonyl (C=O) groups excluding carboxylic acids is 2. The van der Waals surface area contributed by atoms with Crippen LogP contribution in [0.1, 0.15) is 20.7 Å². The van der Waals surface area contributed by atoms with Crippen LogP contribution >= 0.6 is 8.25 Å².